The Morgan fingerprint density at radius 2 is 0.425 bits per heavy atom. The number of terminal acetylenes is 1. The molecule has 0 radical (unpaired) electrons. The van der Waals surface area contributed by atoms with Crippen molar-refractivity contribution in [1.82, 2.24) is 0 Å². The summed E-state index contributed by atoms with van der Waals surface area (Å²) in [5.74, 6) is 36.0. The van der Waals surface area contributed by atoms with E-state index in [0.717, 1.165) is 75.5 Å². The van der Waals surface area contributed by atoms with Gasteiger partial charge in [-0.15, -0.1) is 6.42 Å². The average Bonchev–Trinajstić information content (AvgIpc) is 3.48. The molecule has 0 aromatic heterocycles. The molecular formula is C70H82O10. The van der Waals surface area contributed by atoms with Crippen LogP contribution in [0.15, 0.2) is 66.7 Å². The van der Waals surface area contributed by atoms with Gasteiger partial charge >= 0.3 is 0 Å². The summed E-state index contributed by atoms with van der Waals surface area (Å²) in [5.41, 5.74) is 5.83. The zero-order chi connectivity index (χ0) is 57.3. The first-order valence-corrected chi connectivity index (χ1v) is 28.9. The van der Waals surface area contributed by atoms with Crippen LogP contribution in [0, 0.1) is 59.7 Å². The standard InChI is InChI=1S/C70H82O10/c1-12-33-71-61-31-32-62(72-34-13-2)53(43-61)23-24-55-46-66(76-38-17-6)57(47-65(55)75-37-16-5)27-28-59-50-70(80-42-21-10)60(51-69(59)79-41-20-9)30-29-58-49-67(77-39-18-7)56(48-68(58)78-40-19-8)26-25-54-45-63(73-35-14-3)52(22-11)44-64(54)74-36-15-4/h11,31-32,43-51H,12-21,33-42H2,1-10H3. The minimum absolute atomic E-state index is 0.463. The first kappa shape index (κ1) is 62.7. The Hall–Kier alpha value is -8.10. The van der Waals surface area contributed by atoms with Crippen molar-refractivity contribution >= 4 is 0 Å². The van der Waals surface area contributed by atoms with E-state index < -0.39 is 0 Å². The van der Waals surface area contributed by atoms with Gasteiger partial charge in [-0.3, -0.25) is 0 Å². The van der Waals surface area contributed by atoms with Crippen molar-refractivity contribution in [2.45, 2.75) is 133 Å². The third-order valence-electron chi connectivity index (χ3n) is 11.4. The second-order valence-corrected chi connectivity index (χ2v) is 18.7. The molecule has 0 heterocycles. The van der Waals surface area contributed by atoms with Crippen LogP contribution < -0.4 is 47.4 Å². The van der Waals surface area contributed by atoms with Crippen molar-refractivity contribution in [2.24, 2.45) is 0 Å². The van der Waals surface area contributed by atoms with Gasteiger partial charge in [0.05, 0.1) is 116 Å². The van der Waals surface area contributed by atoms with Crippen LogP contribution in [-0.2, 0) is 0 Å². The summed E-state index contributed by atoms with van der Waals surface area (Å²) in [6.45, 7) is 25.7. The molecule has 0 aliphatic heterocycles. The van der Waals surface area contributed by atoms with Gasteiger partial charge in [-0.1, -0.05) is 123 Å². The molecule has 80 heavy (non-hydrogen) atoms. The van der Waals surface area contributed by atoms with Gasteiger partial charge < -0.3 is 47.4 Å². The number of ether oxygens (including phenoxy) is 10. The summed E-state index contributed by atoms with van der Waals surface area (Å²) in [5, 5.41) is 0. The van der Waals surface area contributed by atoms with Gasteiger partial charge in [-0.25, -0.2) is 0 Å². The third-order valence-corrected chi connectivity index (χ3v) is 11.4. The summed E-state index contributed by atoms with van der Waals surface area (Å²) in [6, 6.07) is 20.9. The fraction of sp³-hybridized carbons (Fsp3) is 0.429. The molecule has 0 spiro atoms. The molecule has 0 amide bonds. The maximum absolute atomic E-state index is 6.44. The lowest BCUT2D eigenvalue weighted by Crippen LogP contribution is -2.03. The SMILES string of the molecule is C#Cc1cc(OCCC)c(C#Cc2cc(OCCC)c(C#Cc3cc(OCCC)c(C#Cc4cc(OCCC)c(C#Cc5cc(OCCC)ccc5OCCC)cc4OCCC)cc3OCCC)cc2OCCC)cc1OCCC. The van der Waals surface area contributed by atoms with Crippen molar-refractivity contribution in [3.05, 3.63) is 117 Å². The molecule has 0 N–H and O–H groups in total. The summed E-state index contributed by atoms with van der Waals surface area (Å²) >= 11 is 0. The van der Waals surface area contributed by atoms with Crippen LogP contribution in [0.3, 0.4) is 0 Å². The highest BCUT2D eigenvalue weighted by atomic mass is 16.5. The minimum Gasteiger partial charge on any atom is -0.494 e. The molecule has 0 saturated carbocycles. The maximum atomic E-state index is 6.44. The van der Waals surface area contributed by atoms with Crippen molar-refractivity contribution < 1.29 is 47.4 Å². The Morgan fingerprint density at radius 1 is 0.237 bits per heavy atom. The van der Waals surface area contributed by atoms with E-state index in [9.17, 15) is 0 Å². The molecule has 0 aliphatic rings. The topological polar surface area (TPSA) is 92.3 Å². The Kier molecular flexibility index (Phi) is 27.8. The van der Waals surface area contributed by atoms with E-state index in [0.29, 0.717) is 162 Å². The highest BCUT2D eigenvalue weighted by molar-refractivity contribution is 5.67. The largest absolute Gasteiger partial charge is 0.494 e. The molecule has 422 valence electrons. The number of hydrogen-bond donors (Lipinski definition) is 0. The van der Waals surface area contributed by atoms with Gasteiger partial charge in [-0.05, 0) is 82.4 Å². The molecule has 0 bridgehead atoms. The number of hydrogen-bond acceptors (Lipinski definition) is 10. The van der Waals surface area contributed by atoms with Gasteiger partial charge in [0, 0.05) is 48.5 Å². The minimum atomic E-state index is 0.463. The van der Waals surface area contributed by atoms with E-state index in [4.69, 9.17) is 53.8 Å². The van der Waals surface area contributed by atoms with Gasteiger partial charge in [0.25, 0.3) is 0 Å². The third kappa shape index (κ3) is 19.4. The Bertz CT molecular complexity index is 3080. The lowest BCUT2D eigenvalue weighted by Gasteiger charge is -2.14. The molecule has 0 aliphatic carbocycles. The first-order chi connectivity index (χ1) is 39.2. The Balaban J connectivity index is 1.65. The normalized spacial score (nSPS) is 10.2. The fourth-order valence-corrected chi connectivity index (χ4v) is 7.48. The van der Waals surface area contributed by atoms with Crippen LogP contribution in [0.5, 0.6) is 57.5 Å². The highest BCUT2D eigenvalue weighted by Gasteiger charge is 2.17. The van der Waals surface area contributed by atoms with Crippen molar-refractivity contribution in [2.75, 3.05) is 66.1 Å². The van der Waals surface area contributed by atoms with Crippen LogP contribution in [0.4, 0.5) is 0 Å². The van der Waals surface area contributed by atoms with Crippen molar-refractivity contribution in [3.63, 3.8) is 0 Å². The van der Waals surface area contributed by atoms with Crippen LogP contribution in [0.2, 0.25) is 0 Å². The smallest absolute Gasteiger partial charge is 0.136 e. The second kappa shape index (κ2) is 35.4. The molecule has 5 aromatic carbocycles. The number of benzene rings is 5. The van der Waals surface area contributed by atoms with Crippen LogP contribution in [0.1, 0.15) is 184 Å². The molecule has 5 rings (SSSR count). The van der Waals surface area contributed by atoms with Crippen LogP contribution in [-0.4, -0.2) is 66.1 Å². The lowest BCUT2D eigenvalue weighted by atomic mass is 10.0. The van der Waals surface area contributed by atoms with E-state index in [1.807, 2.05) is 66.7 Å². The predicted octanol–water partition coefficient (Wildman–Crippen LogP) is 15.2. The predicted molar refractivity (Wildman–Crippen MR) is 322 cm³/mol. The van der Waals surface area contributed by atoms with E-state index in [2.05, 4.69) is 123 Å². The molecule has 5 aromatic rings. The van der Waals surface area contributed by atoms with Crippen molar-refractivity contribution in [1.29, 1.82) is 0 Å². The zero-order valence-electron chi connectivity index (χ0n) is 49.2. The molecular weight excluding hydrogens is 1000 g/mol. The van der Waals surface area contributed by atoms with E-state index in [1.165, 1.54) is 0 Å². The van der Waals surface area contributed by atoms with Gasteiger partial charge in [-0.2, -0.15) is 0 Å². The summed E-state index contributed by atoms with van der Waals surface area (Å²) in [7, 11) is 0. The fourth-order valence-electron chi connectivity index (χ4n) is 7.48. The molecule has 0 unspecified atom stereocenters. The molecule has 0 fully saturated rings. The van der Waals surface area contributed by atoms with Gasteiger partial charge in [0.15, 0.2) is 0 Å². The quantitative estimate of drug-likeness (QED) is 0.0414. The molecule has 10 heteroatoms. The van der Waals surface area contributed by atoms with Crippen LogP contribution in [0.25, 0.3) is 0 Å². The maximum Gasteiger partial charge on any atom is 0.136 e. The molecule has 0 saturated heterocycles. The Morgan fingerprint density at radius 3 is 0.650 bits per heavy atom. The zero-order valence-corrected chi connectivity index (χ0v) is 49.2. The van der Waals surface area contributed by atoms with E-state index in [1.54, 1.807) is 0 Å². The average molecular weight is 1080 g/mol. The van der Waals surface area contributed by atoms with E-state index in [-0.39, 0.29) is 0 Å². The van der Waals surface area contributed by atoms with Crippen LogP contribution >= 0.6 is 0 Å². The van der Waals surface area contributed by atoms with Crippen molar-refractivity contribution in [3.8, 4) is 117 Å². The second-order valence-electron chi connectivity index (χ2n) is 18.7. The summed E-state index contributed by atoms with van der Waals surface area (Å²) in [6.07, 6.45) is 14.1. The highest BCUT2D eigenvalue weighted by Crippen LogP contribution is 2.35. The van der Waals surface area contributed by atoms with E-state index >= 15 is 0 Å². The lowest BCUT2D eigenvalue weighted by molar-refractivity contribution is 0.307. The Labute approximate surface area is 478 Å². The summed E-state index contributed by atoms with van der Waals surface area (Å²) < 4.78 is 62.7. The summed E-state index contributed by atoms with van der Waals surface area (Å²) in [4.78, 5) is 0. The molecule has 0 atom stereocenters. The first-order valence-electron chi connectivity index (χ1n) is 28.9. The number of rotatable bonds is 30. The molecule has 10 nitrogen and oxygen atoms in total. The van der Waals surface area contributed by atoms with Gasteiger partial charge in [0.1, 0.15) is 57.5 Å². The monoisotopic (exact) mass is 1080 g/mol. The van der Waals surface area contributed by atoms with Gasteiger partial charge in [0.2, 0.25) is 0 Å².